The summed E-state index contributed by atoms with van der Waals surface area (Å²) in [7, 11) is 0. The maximum atomic E-state index is 6.00. The van der Waals surface area contributed by atoms with Crippen LogP contribution in [-0.2, 0) is 11.2 Å². The molecule has 22 heavy (non-hydrogen) atoms. The Labute approximate surface area is 138 Å². The minimum absolute atomic E-state index is 0.102. The first-order chi connectivity index (χ1) is 10.6. The average Bonchev–Trinajstić information content (AvgIpc) is 2.92. The summed E-state index contributed by atoms with van der Waals surface area (Å²) in [4.78, 5) is 4.66. The SMILES string of the molecule is CCNC(=NCC1(C)CCCO1)NCCc1cccc(Cl)c1. The number of ether oxygens (including phenoxy) is 1. The van der Waals surface area contributed by atoms with Gasteiger partial charge in [0, 0.05) is 24.7 Å². The van der Waals surface area contributed by atoms with E-state index in [1.54, 1.807) is 0 Å². The molecule has 0 saturated carbocycles. The van der Waals surface area contributed by atoms with E-state index in [4.69, 9.17) is 16.3 Å². The largest absolute Gasteiger partial charge is 0.373 e. The summed E-state index contributed by atoms with van der Waals surface area (Å²) in [5.74, 6) is 0.848. The first kappa shape index (κ1) is 17.1. The van der Waals surface area contributed by atoms with Crippen LogP contribution in [0.1, 0.15) is 32.3 Å². The zero-order chi connectivity index (χ0) is 15.8. The van der Waals surface area contributed by atoms with Crippen LogP contribution in [0.15, 0.2) is 29.3 Å². The highest BCUT2D eigenvalue weighted by Crippen LogP contribution is 2.24. The molecule has 2 rings (SSSR count). The van der Waals surface area contributed by atoms with Crippen molar-refractivity contribution in [2.75, 3.05) is 26.2 Å². The summed E-state index contributed by atoms with van der Waals surface area (Å²) >= 11 is 6.00. The highest BCUT2D eigenvalue weighted by atomic mass is 35.5. The van der Waals surface area contributed by atoms with E-state index < -0.39 is 0 Å². The van der Waals surface area contributed by atoms with E-state index in [2.05, 4.69) is 35.5 Å². The molecule has 122 valence electrons. The van der Waals surface area contributed by atoms with Crippen LogP contribution in [-0.4, -0.2) is 37.8 Å². The van der Waals surface area contributed by atoms with Gasteiger partial charge in [0.2, 0.25) is 0 Å². The zero-order valence-corrected chi connectivity index (χ0v) is 14.2. The molecule has 1 aromatic rings. The van der Waals surface area contributed by atoms with E-state index >= 15 is 0 Å². The number of hydrogen-bond acceptors (Lipinski definition) is 2. The maximum Gasteiger partial charge on any atom is 0.191 e. The number of halogens is 1. The van der Waals surface area contributed by atoms with Gasteiger partial charge in [-0.3, -0.25) is 4.99 Å². The second-order valence-electron chi connectivity index (χ2n) is 5.90. The van der Waals surface area contributed by atoms with E-state index in [1.807, 2.05) is 18.2 Å². The standard InChI is InChI=1S/C17H26ClN3O/c1-3-19-16(21-13-17(2)9-5-11-22-17)20-10-8-14-6-4-7-15(18)12-14/h4,6-7,12H,3,5,8-11,13H2,1-2H3,(H2,19,20,21). The normalized spacial score (nSPS) is 21.9. The summed E-state index contributed by atoms with van der Waals surface area (Å²) < 4.78 is 5.78. The van der Waals surface area contributed by atoms with Crippen molar-refractivity contribution in [3.05, 3.63) is 34.9 Å². The van der Waals surface area contributed by atoms with Gasteiger partial charge in [-0.05, 0) is 50.8 Å². The molecule has 0 aliphatic carbocycles. The van der Waals surface area contributed by atoms with Crippen molar-refractivity contribution in [1.29, 1.82) is 0 Å². The van der Waals surface area contributed by atoms with Gasteiger partial charge in [-0.1, -0.05) is 23.7 Å². The van der Waals surface area contributed by atoms with Gasteiger partial charge in [-0.2, -0.15) is 0 Å². The quantitative estimate of drug-likeness (QED) is 0.625. The van der Waals surface area contributed by atoms with Crippen LogP contribution in [0.4, 0.5) is 0 Å². The van der Waals surface area contributed by atoms with Crippen molar-refractivity contribution in [3.63, 3.8) is 0 Å². The molecule has 1 aromatic carbocycles. The monoisotopic (exact) mass is 323 g/mol. The van der Waals surface area contributed by atoms with E-state index in [-0.39, 0.29) is 5.60 Å². The van der Waals surface area contributed by atoms with Crippen LogP contribution >= 0.6 is 11.6 Å². The summed E-state index contributed by atoms with van der Waals surface area (Å²) in [6.07, 6.45) is 3.13. The fraction of sp³-hybridized carbons (Fsp3) is 0.588. The number of hydrogen-bond donors (Lipinski definition) is 2. The summed E-state index contributed by atoms with van der Waals surface area (Å²) in [6, 6.07) is 7.97. The first-order valence-electron chi connectivity index (χ1n) is 8.02. The molecule has 1 aliphatic heterocycles. The van der Waals surface area contributed by atoms with Gasteiger partial charge < -0.3 is 15.4 Å². The second kappa shape index (κ2) is 8.39. The molecule has 0 amide bonds. The molecule has 0 bridgehead atoms. The Morgan fingerprint density at radius 2 is 2.27 bits per heavy atom. The van der Waals surface area contributed by atoms with E-state index in [0.717, 1.165) is 49.9 Å². The Morgan fingerprint density at radius 3 is 2.95 bits per heavy atom. The number of benzene rings is 1. The minimum atomic E-state index is -0.102. The summed E-state index contributed by atoms with van der Waals surface area (Å²) in [5.41, 5.74) is 1.12. The Balaban J connectivity index is 1.83. The van der Waals surface area contributed by atoms with Crippen LogP contribution in [0.3, 0.4) is 0 Å². The van der Waals surface area contributed by atoms with Gasteiger partial charge in [-0.15, -0.1) is 0 Å². The molecule has 4 nitrogen and oxygen atoms in total. The van der Waals surface area contributed by atoms with Gasteiger partial charge in [0.15, 0.2) is 5.96 Å². The highest BCUT2D eigenvalue weighted by Gasteiger charge is 2.29. The molecule has 1 unspecified atom stereocenters. The third kappa shape index (κ3) is 5.50. The molecular weight excluding hydrogens is 298 g/mol. The van der Waals surface area contributed by atoms with Crippen LogP contribution in [0, 0.1) is 0 Å². The van der Waals surface area contributed by atoms with Crippen molar-refractivity contribution in [1.82, 2.24) is 10.6 Å². The van der Waals surface area contributed by atoms with Crippen LogP contribution in [0.5, 0.6) is 0 Å². The van der Waals surface area contributed by atoms with Crippen LogP contribution < -0.4 is 10.6 Å². The molecule has 0 spiro atoms. The zero-order valence-electron chi connectivity index (χ0n) is 13.5. The van der Waals surface area contributed by atoms with Crippen molar-refractivity contribution in [2.24, 2.45) is 4.99 Å². The van der Waals surface area contributed by atoms with Crippen molar-refractivity contribution < 1.29 is 4.74 Å². The molecule has 1 aliphatic rings. The lowest BCUT2D eigenvalue weighted by Crippen LogP contribution is -2.40. The predicted molar refractivity (Wildman–Crippen MR) is 92.7 cm³/mol. The van der Waals surface area contributed by atoms with Gasteiger partial charge in [0.25, 0.3) is 0 Å². The lowest BCUT2D eigenvalue weighted by Gasteiger charge is -2.21. The fourth-order valence-electron chi connectivity index (χ4n) is 2.57. The first-order valence-corrected chi connectivity index (χ1v) is 8.40. The topological polar surface area (TPSA) is 45.7 Å². The average molecular weight is 324 g/mol. The lowest BCUT2D eigenvalue weighted by atomic mass is 10.0. The third-order valence-corrected chi connectivity index (χ3v) is 4.05. The van der Waals surface area contributed by atoms with Crippen molar-refractivity contribution in [2.45, 2.75) is 38.7 Å². The van der Waals surface area contributed by atoms with Gasteiger partial charge in [0.1, 0.15) is 0 Å². The Hall–Kier alpha value is -1.26. The second-order valence-corrected chi connectivity index (χ2v) is 6.34. The van der Waals surface area contributed by atoms with E-state index in [0.29, 0.717) is 6.54 Å². The number of guanidine groups is 1. The van der Waals surface area contributed by atoms with Gasteiger partial charge in [-0.25, -0.2) is 0 Å². The minimum Gasteiger partial charge on any atom is -0.373 e. The fourth-order valence-corrected chi connectivity index (χ4v) is 2.78. The molecule has 2 N–H and O–H groups in total. The molecule has 0 radical (unpaired) electrons. The summed E-state index contributed by atoms with van der Waals surface area (Å²) in [6.45, 7) is 7.43. The third-order valence-electron chi connectivity index (χ3n) is 3.81. The van der Waals surface area contributed by atoms with Gasteiger partial charge >= 0.3 is 0 Å². The molecule has 1 heterocycles. The molecule has 0 aromatic heterocycles. The van der Waals surface area contributed by atoms with Crippen LogP contribution in [0.2, 0.25) is 5.02 Å². The van der Waals surface area contributed by atoms with Crippen molar-refractivity contribution in [3.8, 4) is 0 Å². The number of nitrogens with one attached hydrogen (secondary N) is 2. The molecule has 1 atom stereocenters. The molecule has 5 heteroatoms. The smallest absolute Gasteiger partial charge is 0.191 e. The van der Waals surface area contributed by atoms with E-state index in [1.165, 1.54) is 5.56 Å². The number of rotatable bonds is 6. The van der Waals surface area contributed by atoms with Gasteiger partial charge in [0.05, 0.1) is 12.1 Å². The number of nitrogens with zero attached hydrogens (tertiary/aromatic N) is 1. The predicted octanol–water partition coefficient (Wildman–Crippen LogP) is 3.01. The van der Waals surface area contributed by atoms with E-state index in [9.17, 15) is 0 Å². The Kier molecular flexibility index (Phi) is 6.52. The van der Waals surface area contributed by atoms with Crippen LogP contribution in [0.25, 0.3) is 0 Å². The maximum absolute atomic E-state index is 6.00. The molecular formula is C17H26ClN3O. The number of aliphatic imine (C=N–C) groups is 1. The highest BCUT2D eigenvalue weighted by molar-refractivity contribution is 6.30. The summed E-state index contributed by atoms with van der Waals surface area (Å²) in [5, 5.41) is 7.43. The van der Waals surface area contributed by atoms with Crippen molar-refractivity contribution >= 4 is 17.6 Å². The molecule has 1 fully saturated rings. The molecule has 1 saturated heterocycles. The lowest BCUT2D eigenvalue weighted by molar-refractivity contribution is 0.0283. The Morgan fingerprint density at radius 1 is 1.41 bits per heavy atom. The Bertz CT molecular complexity index is 498.